The predicted octanol–water partition coefficient (Wildman–Crippen LogP) is 3.94. The monoisotopic (exact) mass is 343 g/mol. The van der Waals surface area contributed by atoms with Gasteiger partial charge < -0.3 is 4.90 Å². The molecule has 2 aliphatic heterocycles. The molecule has 1 aromatic carbocycles. The molecule has 2 aromatic rings. The molecular formula is C18H18FN3OS. The van der Waals surface area contributed by atoms with Gasteiger partial charge in [-0.3, -0.25) is 8.87 Å². The first-order chi connectivity index (χ1) is 11.6. The van der Waals surface area contributed by atoms with Crippen LogP contribution in [0.5, 0.6) is 0 Å². The minimum atomic E-state index is -0.278. The van der Waals surface area contributed by atoms with Crippen LogP contribution in [-0.4, -0.2) is 46.5 Å². The highest BCUT2D eigenvalue weighted by molar-refractivity contribution is 8.00. The molecule has 0 radical (unpaired) electrons. The Morgan fingerprint density at radius 1 is 1.29 bits per heavy atom. The van der Waals surface area contributed by atoms with Gasteiger partial charge in [0.1, 0.15) is 5.82 Å². The normalized spacial score (nSPS) is 18.4. The van der Waals surface area contributed by atoms with E-state index in [-0.39, 0.29) is 11.8 Å². The van der Waals surface area contributed by atoms with Crippen molar-refractivity contribution in [3.63, 3.8) is 0 Å². The smallest absolute Gasteiger partial charge is 0.302 e. The molecule has 0 saturated carbocycles. The van der Waals surface area contributed by atoms with Gasteiger partial charge in [-0.2, -0.15) is 0 Å². The summed E-state index contributed by atoms with van der Waals surface area (Å²) in [5.41, 5.74) is 2.90. The lowest BCUT2D eigenvalue weighted by Crippen LogP contribution is -2.26. The van der Waals surface area contributed by atoms with Crippen molar-refractivity contribution < 1.29 is 9.18 Å². The maximum Gasteiger partial charge on any atom is 0.339 e. The van der Waals surface area contributed by atoms with Gasteiger partial charge in [0.05, 0.1) is 12.1 Å². The predicted molar refractivity (Wildman–Crippen MR) is 96.2 cm³/mol. The third-order valence-corrected chi connectivity index (χ3v) is 5.37. The van der Waals surface area contributed by atoms with E-state index in [1.807, 2.05) is 17.7 Å². The lowest BCUT2D eigenvalue weighted by molar-refractivity contribution is 0.231. The lowest BCUT2D eigenvalue weighted by Gasteiger charge is -2.21. The molecule has 0 bridgehead atoms. The summed E-state index contributed by atoms with van der Waals surface area (Å²) in [4.78, 5) is 15.0. The number of hydrogen-bond acceptors (Lipinski definition) is 3. The molecule has 24 heavy (non-hydrogen) atoms. The van der Waals surface area contributed by atoms with Crippen molar-refractivity contribution in [1.82, 2.24) is 13.8 Å². The molecule has 1 aromatic heterocycles. The van der Waals surface area contributed by atoms with E-state index >= 15 is 0 Å². The average Bonchev–Trinajstić information content (AvgIpc) is 3.22. The van der Waals surface area contributed by atoms with E-state index in [9.17, 15) is 9.18 Å². The van der Waals surface area contributed by atoms with Crippen LogP contribution in [0.25, 0.3) is 16.5 Å². The van der Waals surface area contributed by atoms with Crippen LogP contribution in [0.4, 0.5) is 9.18 Å². The van der Waals surface area contributed by atoms with E-state index in [1.54, 1.807) is 14.9 Å². The Kier molecular flexibility index (Phi) is 3.94. The van der Waals surface area contributed by atoms with Crippen LogP contribution in [0.2, 0.25) is 0 Å². The molecular weight excluding hydrogens is 325 g/mol. The summed E-state index contributed by atoms with van der Waals surface area (Å²) >= 11 is 1.39. The molecule has 0 unspecified atom stereocenters. The van der Waals surface area contributed by atoms with Crippen LogP contribution in [0, 0.1) is 5.82 Å². The largest absolute Gasteiger partial charge is 0.339 e. The van der Waals surface area contributed by atoms with Crippen molar-refractivity contribution in [3.05, 3.63) is 53.3 Å². The number of aromatic nitrogens is 1. The van der Waals surface area contributed by atoms with Gasteiger partial charge >= 0.3 is 6.03 Å². The number of hydrogen-bond donors (Lipinski definition) is 0. The minimum absolute atomic E-state index is 0.0959. The van der Waals surface area contributed by atoms with Crippen LogP contribution >= 0.6 is 11.9 Å². The molecule has 2 aliphatic rings. The second-order valence-electron chi connectivity index (χ2n) is 6.14. The number of nitrogens with zero attached hydrogens (tertiary/aromatic N) is 3. The van der Waals surface area contributed by atoms with E-state index in [0.29, 0.717) is 6.54 Å². The Morgan fingerprint density at radius 2 is 2.17 bits per heavy atom. The fraction of sp³-hybridized carbons (Fsp3) is 0.278. The number of amides is 1. The Balaban J connectivity index is 1.82. The molecule has 124 valence electrons. The molecule has 0 aliphatic carbocycles. The maximum atomic E-state index is 13.8. The van der Waals surface area contributed by atoms with Crippen molar-refractivity contribution in [2.75, 3.05) is 26.7 Å². The topological polar surface area (TPSA) is 28.5 Å². The average molecular weight is 343 g/mol. The molecule has 4 nitrogen and oxygen atoms in total. The van der Waals surface area contributed by atoms with E-state index in [0.717, 1.165) is 36.0 Å². The Bertz CT molecular complexity index is 863. The minimum Gasteiger partial charge on any atom is -0.302 e. The van der Waals surface area contributed by atoms with Crippen LogP contribution in [0.15, 0.2) is 42.0 Å². The maximum absolute atomic E-state index is 13.8. The highest BCUT2D eigenvalue weighted by Gasteiger charge is 2.23. The Labute approximate surface area is 144 Å². The number of halogens is 1. The summed E-state index contributed by atoms with van der Waals surface area (Å²) in [6, 6.07) is 4.54. The summed E-state index contributed by atoms with van der Waals surface area (Å²) < 4.78 is 17.1. The van der Waals surface area contributed by atoms with Gasteiger partial charge in [0, 0.05) is 30.2 Å². The van der Waals surface area contributed by atoms with Gasteiger partial charge in [0.15, 0.2) is 0 Å². The molecule has 1 amide bonds. The first-order valence-electron chi connectivity index (χ1n) is 7.96. The van der Waals surface area contributed by atoms with E-state index < -0.39 is 0 Å². The van der Waals surface area contributed by atoms with E-state index in [2.05, 4.69) is 18.0 Å². The van der Waals surface area contributed by atoms with E-state index in [4.69, 9.17) is 0 Å². The number of carbonyl (C=O) groups excluding carboxylic acids is 1. The third kappa shape index (κ3) is 2.65. The summed E-state index contributed by atoms with van der Waals surface area (Å²) in [5, 5.41) is 2.71. The fourth-order valence-electron chi connectivity index (χ4n) is 3.17. The fourth-order valence-corrected chi connectivity index (χ4v) is 3.84. The summed E-state index contributed by atoms with van der Waals surface area (Å²) in [5.74, 6) is -0.278. The lowest BCUT2D eigenvalue weighted by atomic mass is 9.99. The zero-order valence-electron chi connectivity index (χ0n) is 13.4. The standard InChI is InChI=1S/C18H18FN3OS/c1-20-8-5-13(6-9-20)16-12-21(18(23)22-7-2-10-24-22)17-4-3-14(19)11-15(16)17/h2-5,10-12H,6-9H2,1H3. The van der Waals surface area contributed by atoms with Gasteiger partial charge in [0.25, 0.3) is 0 Å². The molecule has 6 heteroatoms. The zero-order valence-corrected chi connectivity index (χ0v) is 14.2. The molecule has 4 rings (SSSR count). The van der Waals surface area contributed by atoms with Crippen LogP contribution in [0.1, 0.15) is 12.0 Å². The third-order valence-electron chi connectivity index (χ3n) is 4.50. The van der Waals surface area contributed by atoms with Gasteiger partial charge in [-0.05, 0) is 54.6 Å². The Hall–Kier alpha value is -2.05. The summed E-state index contributed by atoms with van der Waals surface area (Å²) in [6.45, 7) is 2.43. The number of rotatable bonds is 1. The second kappa shape index (κ2) is 6.11. The number of likely N-dealkylation sites (N-methyl/N-ethyl adjacent to an activating group) is 1. The zero-order chi connectivity index (χ0) is 16.7. The SMILES string of the molecule is CN1CC=C(c2cn(C(=O)N3CC=CS3)c3ccc(F)cc23)CC1. The highest BCUT2D eigenvalue weighted by atomic mass is 32.2. The molecule has 0 saturated heterocycles. The molecule has 0 fully saturated rings. The summed E-state index contributed by atoms with van der Waals surface area (Å²) in [7, 11) is 2.08. The van der Waals surface area contributed by atoms with Gasteiger partial charge in [-0.1, -0.05) is 12.2 Å². The quantitative estimate of drug-likeness (QED) is 0.734. The van der Waals surface area contributed by atoms with Crippen molar-refractivity contribution in [2.24, 2.45) is 0 Å². The summed E-state index contributed by atoms with van der Waals surface area (Å²) in [6.07, 6.45) is 6.89. The van der Waals surface area contributed by atoms with Crippen molar-refractivity contribution in [3.8, 4) is 0 Å². The van der Waals surface area contributed by atoms with Crippen LogP contribution in [0.3, 0.4) is 0 Å². The Morgan fingerprint density at radius 3 is 2.88 bits per heavy atom. The second-order valence-corrected chi connectivity index (χ2v) is 7.06. The molecule has 0 N–H and O–H groups in total. The van der Waals surface area contributed by atoms with Gasteiger partial charge in [-0.25, -0.2) is 9.18 Å². The van der Waals surface area contributed by atoms with Crippen LogP contribution < -0.4 is 0 Å². The van der Waals surface area contributed by atoms with E-state index in [1.165, 1.54) is 29.7 Å². The van der Waals surface area contributed by atoms with Gasteiger partial charge in [-0.15, -0.1) is 0 Å². The number of carbonyl (C=O) groups is 1. The molecule has 0 atom stereocenters. The molecule has 0 spiro atoms. The van der Waals surface area contributed by atoms with Gasteiger partial charge in [0.2, 0.25) is 0 Å². The first-order valence-corrected chi connectivity index (χ1v) is 8.79. The molecule has 3 heterocycles. The highest BCUT2D eigenvalue weighted by Crippen LogP contribution is 2.32. The van der Waals surface area contributed by atoms with Crippen molar-refractivity contribution >= 4 is 34.5 Å². The number of fused-ring (bicyclic) bond motifs is 1. The number of benzene rings is 1. The van der Waals surface area contributed by atoms with Crippen molar-refractivity contribution in [2.45, 2.75) is 6.42 Å². The first kappa shape index (κ1) is 15.5. The van der Waals surface area contributed by atoms with Crippen LogP contribution in [-0.2, 0) is 0 Å². The van der Waals surface area contributed by atoms with Crippen molar-refractivity contribution in [1.29, 1.82) is 0 Å².